The Morgan fingerprint density at radius 3 is 2.52 bits per heavy atom. The Morgan fingerprint density at radius 2 is 1.86 bits per heavy atom. The van der Waals surface area contributed by atoms with Crippen molar-refractivity contribution in [3.63, 3.8) is 0 Å². The molecule has 0 aliphatic heterocycles. The monoisotopic (exact) mass is 289 g/mol. The number of hydrogen-bond acceptors (Lipinski definition) is 2. The number of phenolic OH excluding ortho intramolecular Hbond substituents is 1. The summed E-state index contributed by atoms with van der Waals surface area (Å²) in [7, 11) is 0. The van der Waals surface area contributed by atoms with Crippen LogP contribution in [0.1, 0.15) is 58.4 Å². The van der Waals surface area contributed by atoms with Gasteiger partial charge in [0.2, 0.25) is 0 Å². The van der Waals surface area contributed by atoms with Crippen LogP contribution in [0.15, 0.2) is 24.3 Å². The highest BCUT2D eigenvalue weighted by atomic mass is 16.3. The number of rotatable bonds is 6. The molecule has 1 aromatic rings. The number of aromatic hydroxyl groups is 1. The molecule has 0 bridgehead atoms. The molecule has 3 atom stereocenters. The minimum absolute atomic E-state index is 0.354. The van der Waals surface area contributed by atoms with E-state index < -0.39 is 0 Å². The summed E-state index contributed by atoms with van der Waals surface area (Å²) in [6, 6.07) is 8.88. The number of benzene rings is 1. The zero-order valence-electron chi connectivity index (χ0n) is 13.8. The maximum absolute atomic E-state index is 9.31. The molecular formula is C19H31NO. The molecule has 2 nitrogen and oxygen atoms in total. The van der Waals surface area contributed by atoms with Gasteiger partial charge in [-0.3, -0.25) is 0 Å². The van der Waals surface area contributed by atoms with Crippen LogP contribution < -0.4 is 5.32 Å². The molecule has 1 aromatic carbocycles. The van der Waals surface area contributed by atoms with Gasteiger partial charge in [0, 0.05) is 12.1 Å². The molecule has 1 aliphatic rings. The van der Waals surface area contributed by atoms with Gasteiger partial charge in [-0.25, -0.2) is 0 Å². The molecule has 0 saturated heterocycles. The van der Waals surface area contributed by atoms with Crippen molar-refractivity contribution in [2.75, 3.05) is 0 Å². The van der Waals surface area contributed by atoms with Gasteiger partial charge in [0.05, 0.1) is 0 Å². The maximum Gasteiger partial charge on any atom is 0.115 e. The third kappa shape index (κ3) is 5.35. The van der Waals surface area contributed by atoms with Gasteiger partial charge in [-0.15, -0.1) is 0 Å². The van der Waals surface area contributed by atoms with E-state index in [0.29, 0.717) is 17.8 Å². The molecule has 0 amide bonds. The molecule has 3 unspecified atom stereocenters. The molecule has 2 heteroatoms. The normalized spacial score (nSPS) is 24.2. The first-order chi connectivity index (χ1) is 10.0. The predicted octanol–water partition coefficient (Wildman–Crippen LogP) is 4.52. The van der Waals surface area contributed by atoms with Gasteiger partial charge < -0.3 is 10.4 Å². The molecule has 1 saturated carbocycles. The van der Waals surface area contributed by atoms with Gasteiger partial charge in [-0.2, -0.15) is 0 Å². The summed E-state index contributed by atoms with van der Waals surface area (Å²) in [5.41, 5.74) is 1.31. The Labute approximate surface area is 130 Å². The minimum Gasteiger partial charge on any atom is -0.508 e. The molecule has 1 fully saturated rings. The van der Waals surface area contributed by atoms with Crippen LogP contribution in [-0.4, -0.2) is 17.2 Å². The summed E-state index contributed by atoms with van der Waals surface area (Å²) in [6.45, 7) is 7.03. The van der Waals surface area contributed by atoms with Crippen molar-refractivity contribution in [3.8, 4) is 5.75 Å². The summed E-state index contributed by atoms with van der Waals surface area (Å²) >= 11 is 0. The second-order valence-electron chi connectivity index (χ2n) is 7.14. The van der Waals surface area contributed by atoms with E-state index in [1.54, 1.807) is 12.1 Å². The first-order valence-corrected chi connectivity index (χ1v) is 8.58. The van der Waals surface area contributed by atoms with Crippen LogP contribution in [0, 0.1) is 11.8 Å². The van der Waals surface area contributed by atoms with E-state index in [0.717, 1.165) is 24.7 Å². The SMILES string of the molecule is CC(CCc1ccc(O)cc1)NC1CCCC(C(C)C)C1. The van der Waals surface area contributed by atoms with E-state index in [1.807, 2.05) is 12.1 Å². The molecule has 0 aromatic heterocycles. The largest absolute Gasteiger partial charge is 0.508 e. The lowest BCUT2D eigenvalue weighted by Crippen LogP contribution is -2.40. The number of aryl methyl sites for hydroxylation is 1. The van der Waals surface area contributed by atoms with Crippen LogP contribution in [-0.2, 0) is 6.42 Å². The van der Waals surface area contributed by atoms with Crippen molar-refractivity contribution in [1.82, 2.24) is 5.32 Å². The Hall–Kier alpha value is -1.02. The molecule has 1 aliphatic carbocycles. The average molecular weight is 289 g/mol. The Kier molecular flexibility index (Phi) is 6.10. The van der Waals surface area contributed by atoms with Crippen LogP contribution in [0.2, 0.25) is 0 Å². The highest BCUT2D eigenvalue weighted by Crippen LogP contribution is 2.30. The van der Waals surface area contributed by atoms with Crippen LogP contribution in [0.3, 0.4) is 0 Å². The topological polar surface area (TPSA) is 32.3 Å². The van der Waals surface area contributed by atoms with E-state index in [1.165, 1.54) is 31.2 Å². The molecule has 0 radical (unpaired) electrons. The summed E-state index contributed by atoms with van der Waals surface area (Å²) in [6.07, 6.45) is 7.72. The van der Waals surface area contributed by atoms with Crippen molar-refractivity contribution in [3.05, 3.63) is 29.8 Å². The molecule has 0 spiro atoms. The van der Waals surface area contributed by atoms with Crippen LogP contribution >= 0.6 is 0 Å². The van der Waals surface area contributed by atoms with Gasteiger partial charge in [0.15, 0.2) is 0 Å². The first kappa shape index (κ1) is 16.4. The Bertz CT molecular complexity index is 412. The highest BCUT2D eigenvalue weighted by Gasteiger charge is 2.24. The van der Waals surface area contributed by atoms with Gasteiger partial charge in [-0.1, -0.05) is 38.8 Å². The third-order valence-corrected chi connectivity index (χ3v) is 4.98. The maximum atomic E-state index is 9.31. The molecule has 2 rings (SSSR count). The lowest BCUT2D eigenvalue weighted by atomic mass is 9.79. The summed E-state index contributed by atoms with van der Waals surface area (Å²) in [5, 5.41) is 13.1. The molecule has 2 N–H and O–H groups in total. The minimum atomic E-state index is 0.354. The summed E-state index contributed by atoms with van der Waals surface area (Å²) in [4.78, 5) is 0. The van der Waals surface area contributed by atoms with Gasteiger partial charge >= 0.3 is 0 Å². The summed E-state index contributed by atoms with van der Waals surface area (Å²) < 4.78 is 0. The van der Waals surface area contributed by atoms with E-state index in [4.69, 9.17) is 0 Å². The summed E-state index contributed by atoms with van der Waals surface area (Å²) in [5.74, 6) is 2.08. The van der Waals surface area contributed by atoms with E-state index >= 15 is 0 Å². The van der Waals surface area contributed by atoms with Gasteiger partial charge in [-0.05, 0) is 62.1 Å². The number of nitrogens with one attached hydrogen (secondary N) is 1. The van der Waals surface area contributed by atoms with Crippen molar-refractivity contribution in [2.45, 2.75) is 71.4 Å². The Morgan fingerprint density at radius 1 is 1.14 bits per heavy atom. The molecule has 0 heterocycles. The predicted molar refractivity (Wildman–Crippen MR) is 89.6 cm³/mol. The zero-order chi connectivity index (χ0) is 15.2. The smallest absolute Gasteiger partial charge is 0.115 e. The van der Waals surface area contributed by atoms with Gasteiger partial charge in [0.1, 0.15) is 5.75 Å². The van der Waals surface area contributed by atoms with Crippen molar-refractivity contribution >= 4 is 0 Å². The zero-order valence-corrected chi connectivity index (χ0v) is 13.8. The van der Waals surface area contributed by atoms with E-state index in [-0.39, 0.29) is 0 Å². The standard InChI is InChI=1S/C19H31NO/c1-14(2)17-5-4-6-18(13-17)20-15(3)7-8-16-9-11-19(21)12-10-16/h9-12,14-15,17-18,20-21H,4-8,13H2,1-3H3. The van der Waals surface area contributed by atoms with E-state index in [2.05, 4.69) is 26.1 Å². The second kappa shape index (κ2) is 7.84. The van der Waals surface area contributed by atoms with Crippen molar-refractivity contribution in [2.24, 2.45) is 11.8 Å². The fourth-order valence-corrected chi connectivity index (χ4v) is 3.52. The fourth-order valence-electron chi connectivity index (χ4n) is 3.52. The quantitative estimate of drug-likeness (QED) is 0.807. The van der Waals surface area contributed by atoms with Crippen LogP contribution in [0.4, 0.5) is 0 Å². The fraction of sp³-hybridized carbons (Fsp3) is 0.684. The third-order valence-electron chi connectivity index (χ3n) is 4.98. The lowest BCUT2D eigenvalue weighted by Gasteiger charge is -2.34. The molecule has 21 heavy (non-hydrogen) atoms. The lowest BCUT2D eigenvalue weighted by molar-refractivity contribution is 0.220. The first-order valence-electron chi connectivity index (χ1n) is 8.58. The average Bonchev–Trinajstić information content (AvgIpc) is 2.47. The van der Waals surface area contributed by atoms with E-state index in [9.17, 15) is 5.11 Å². The van der Waals surface area contributed by atoms with Crippen molar-refractivity contribution in [1.29, 1.82) is 0 Å². The van der Waals surface area contributed by atoms with Gasteiger partial charge in [0.25, 0.3) is 0 Å². The number of phenols is 1. The molecular weight excluding hydrogens is 258 g/mol. The Balaban J connectivity index is 1.73. The second-order valence-corrected chi connectivity index (χ2v) is 7.14. The van der Waals surface area contributed by atoms with Crippen LogP contribution in [0.25, 0.3) is 0 Å². The van der Waals surface area contributed by atoms with Crippen molar-refractivity contribution < 1.29 is 5.11 Å². The van der Waals surface area contributed by atoms with Crippen LogP contribution in [0.5, 0.6) is 5.75 Å². The molecule has 118 valence electrons. The highest BCUT2D eigenvalue weighted by molar-refractivity contribution is 5.25. The number of hydrogen-bond donors (Lipinski definition) is 2.